The Balaban J connectivity index is 0.788. The van der Waals surface area contributed by atoms with Crippen LogP contribution in [0.15, 0.2) is 54.9 Å². The van der Waals surface area contributed by atoms with Gasteiger partial charge < -0.3 is 10.4 Å². The Morgan fingerprint density at radius 3 is 2.36 bits per heavy atom. The van der Waals surface area contributed by atoms with Gasteiger partial charge in [0.2, 0.25) is 11.8 Å². The number of piperazine rings is 1. The molecule has 2 saturated carbocycles. The van der Waals surface area contributed by atoms with Gasteiger partial charge in [-0.05, 0) is 119 Å². The van der Waals surface area contributed by atoms with Gasteiger partial charge in [-0.25, -0.2) is 8.91 Å². The first kappa shape index (κ1) is 39.0. The van der Waals surface area contributed by atoms with Crippen LogP contribution >= 0.6 is 0 Å². The largest absolute Gasteiger partial charge is 0.386 e. The normalized spacial score (nSPS) is 24.5. The fourth-order valence-electron chi connectivity index (χ4n) is 10.0. The summed E-state index contributed by atoms with van der Waals surface area (Å²) in [6.45, 7) is 9.54. The van der Waals surface area contributed by atoms with E-state index >= 15 is 4.39 Å². The summed E-state index contributed by atoms with van der Waals surface area (Å²) in [7, 11) is 0. The maximum atomic E-state index is 15.3. The number of halogens is 1. The Hall–Kier alpha value is -5.49. The van der Waals surface area contributed by atoms with E-state index < -0.39 is 17.4 Å². The van der Waals surface area contributed by atoms with E-state index in [0.29, 0.717) is 58.0 Å². The number of carbonyl (C=O) groups excluding carboxylic acids is 3. The van der Waals surface area contributed by atoms with Gasteiger partial charge in [0.1, 0.15) is 17.6 Å². The van der Waals surface area contributed by atoms with Crippen LogP contribution in [0, 0.1) is 24.1 Å². The molecule has 0 spiro atoms. The lowest BCUT2D eigenvalue weighted by atomic mass is 9.73. The van der Waals surface area contributed by atoms with E-state index in [-0.39, 0.29) is 30.1 Å². The molecule has 13 nitrogen and oxygen atoms in total. The lowest BCUT2D eigenvalue weighted by Gasteiger charge is -2.48. The van der Waals surface area contributed by atoms with Crippen LogP contribution in [0.3, 0.4) is 0 Å². The van der Waals surface area contributed by atoms with Crippen molar-refractivity contribution >= 4 is 39.8 Å². The summed E-state index contributed by atoms with van der Waals surface area (Å²) in [6.07, 6.45) is 10.3. The van der Waals surface area contributed by atoms with Crippen molar-refractivity contribution < 1.29 is 23.9 Å². The highest BCUT2D eigenvalue weighted by atomic mass is 19.1. The molecule has 2 aliphatic carbocycles. The molecule has 2 saturated heterocycles. The van der Waals surface area contributed by atoms with Gasteiger partial charge in [-0.1, -0.05) is 6.07 Å². The molecule has 2 aliphatic heterocycles. The molecule has 0 bridgehead atoms. The molecule has 3 amide bonds. The standard InChI is InChI=1S/C45H50FN9O4/c1-26-16-36(34-9-11-42(56)50-43(34)57)38(46)21-35(26)28-18-33(19-28)53-14-12-52(13-15-53)30-4-6-31(7-5-30)54-25-29-20-40(37(45(2,3)59)22-39(29)51-54)49-44(58)41-10-8-32-17-27(23-47)24-48-55(32)41/h8,10,16-17,20-22,24-25,28,30-31,33-34,59H,4-7,9,11-15,18-19H2,1-3H3,(H,49,58)(H,50,56,57). The van der Waals surface area contributed by atoms with Crippen LogP contribution in [0.2, 0.25) is 0 Å². The summed E-state index contributed by atoms with van der Waals surface area (Å²) in [5.74, 6) is -1.72. The van der Waals surface area contributed by atoms with Gasteiger partial charge in [-0.15, -0.1) is 0 Å². The molecular formula is C45H50FN9O4. The number of aryl methyl sites for hydroxylation is 1. The van der Waals surface area contributed by atoms with E-state index in [0.717, 1.165) is 86.7 Å². The number of nitriles is 1. The average molecular weight is 800 g/mol. The number of aromatic nitrogens is 4. The second-order valence-electron chi connectivity index (χ2n) is 17.6. The van der Waals surface area contributed by atoms with Gasteiger partial charge >= 0.3 is 0 Å². The molecule has 59 heavy (non-hydrogen) atoms. The van der Waals surface area contributed by atoms with E-state index in [9.17, 15) is 24.8 Å². The summed E-state index contributed by atoms with van der Waals surface area (Å²) in [5, 5.41) is 35.9. The summed E-state index contributed by atoms with van der Waals surface area (Å²) in [4.78, 5) is 42.8. The number of carbonyl (C=O) groups is 3. The Morgan fingerprint density at radius 1 is 0.949 bits per heavy atom. The van der Waals surface area contributed by atoms with Crippen LogP contribution in [-0.4, -0.2) is 90.3 Å². The average Bonchev–Trinajstić information content (AvgIpc) is 3.82. The van der Waals surface area contributed by atoms with Crippen LogP contribution in [0.4, 0.5) is 10.1 Å². The molecule has 1 atom stereocenters. The van der Waals surface area contributed by atoms with Crippen molar-refractivity contribution in [2.45, 2.75) is 108 Å². The number of aliphatic hydroxyl groups is 1. The number of piperidine rings is 1. The van der Waals surface area contributed by atoms with Crippen molar-refractivity contribution in [1.29, 1.82) is 5.26 Å². The number of hydrogen-bond donors (Lipinski definition) is 3. The monoisotopic (exact) mass is 799 g/mol. The third kappa shape index (κ3) is 7.52. The maximum Gasteiger partial charge on any atom is 0.274 e. The van der Waals surface area contributed by atoms with Crippen molar-refractivity contribution in [2.24, 2.45) is 0 Å². The van der Waals surface area contributed by atoms with E-state index in [1.54, 1.807) is 38.1 Å². The first-order valence-electron chi connectivity index (χ1n) is 20.9. The Kier molecular flexibility index (Phi) is 10.1. The highest BCUT2D eigenvalue weighted by Crippen LogP contribution is 2.43. The minimum Gasteiger partial charge on any atom is -0.386 e. The van der Waals surface area contributed by atoms with Crippen molar-refractivity contribution in [3.63, 3.8) is 0 Å². The van der Waals surface area contributed by atoms with Crippen LogP contribution < -0.4 is 10.6 Å². The maximum absolute atomic E-state index is 15.3. The number of benzene rings is 2. The van der Waals surface area contributed by atoms with Crippen molar-refractivity contribution in [2.75, 3.05) is 31.5 Å². The summed E-state index contributed by atoms with van der Waals surface area (Å²) in [5.41, 5.74) is 4.41. The van der Waals surface area contributed by atoms with Crippen LogP contribution in [0.5, 0.6) is 0 Å². The topological polar surface area (TPSA) is 161 Å². The lowest BCUT2D eigenvalue weighted by molar-refractivity contribution is -0.134. The molecule has 1 unspecified atom stereocenters. The van der Waals surface area contributed by atoms with E-state index in [1.165, 1.54) is 10.7 Å². The number of nitrogens with one attached hydrogen (secondary N) is 2. The zero-order valence-corrected chi connectivity index (χ0v) is 33.7. The predicted octanol–water partition coefficient (Wildman–Crippen LogP) is 6.05. The minimum absolute atomic E-state index is 0.234. The highest BCUT2D eigenvalue weighted by Gasteiger charge is 2.39. The molecule has 9 rings (SSSR count). The summed E-state index contributed by atoms with van der Waals surface area (Å²) in [6, 6.07) is 15.7. The van der Waals surface area contributed by atoms with E-state index in [4.69, 9.17) is 5.10 Å². The molecule has 4 fully saturated rings. The van der Waals surface area contributed by atoms with E-state index in [2.05, 4.69) is 42.5 Å². The third-order valence-corrected chi connectivity index (χ3v) is 13.4. The lowest BCUT2D eigenvalue weighted by Crippen LogP contribution is -2.56. The second-order valence-corrected chi connectivity index (χ2v) is 17.6. The highest BCUT2D eigenvalue weighted by molar-refractivity contribution is 6.05. The Labute approximate surface area is 342 Å². The van der Waals surface area contributed by atoms with Gasteiger partial charge in [0, 0.05) is 73.1 Å². The van der Waals surface area contributed by atoms with Crippen LogP contribution in [0.25, 0.3) is 16.4 Å². The Bertz CT molecular complexity index is 2510. The molecule has 306 valence electrons. The van der Waals surface area contributed by atoms with E-state index in [1.807, 2.05) is 25.1 Å². The first-order chi connectivity index (χ1) is 28.3. The molecular weight excluding hydrogens is 750 g/mol. The number of rotatable bonds is 8. The van der Waals surface area contributed by atoms with Gasteiger partial charge in [0.25, 0.3) is 5.91 Å². The molecule has 14 heteroatoms. The fraction of sp³-hybridized carbons (Fsp3) is 0.467. The molecule has 0 radical (unpaired) electrons. The van der Waals surface area contributed by atoms with Gasteiger partial charge in [-0.2, -0.15) is 15.5 Å². The quantitative estimate of drug-likeness (QED) is 0.159. The number of anilines is 1. The number of nitrogens with zero attached hydrogens (tertiary/aromatic N) is 7. The fourth-order valence-corrected chi connectivity index (χ4v) is 10.0. The first-order valence-corrected chi connectivity index (χ1v) is 20.9. The molecule has 3 aromatic heterocycles. The molecule has 4 aliphatic rings. The number of imide groups is 1. The van der Waals surface area contributed by atoms with Crippen molar-refractivity contribution in [3.05, 3.63) is 94.2 Å². The third-order valence-electron chi connectivity index (χ3n) is 13.4. The minimum atomic E-state index is -1.24. The molecule has 5 aromatic rings. The van der Waals surface area contributed by atoms with Crippen molar-refractivity contribution in [3.8, 4) is 6.07 Å². The molecule has 5 heterocycles. The predicted molar refractivity (Wildman–Crippen MR) is 219 cm³/mol. The smallest absolute Gasteiger partial charge is 0.274 e. The number of amides is 3. The van der Waals surface area contributed by atoms with Crippen LogP contribution in [0.1, 0.15) is 121 Å². The van der Waals surface area contributed by atoms with Crippen molar-refractivity contribution in [1.82, 2.24) is 34.5 Å². The van der Waals surface area contributed by atoms with Crippen LogP contribution in [-0.2, 0) is 15.2 Å². The number of fused-ring (bicyclic) bond motifs is 2. The number of hydrogen-bond acceptors (Lipinski definition) is 9. The second kappa shape index (κ2) is 15.3. The molecule has 3 N–H and O–H groups in total. The van der Waals surface area contributed by atoms with Gasteiger partial charge in [-0.3, -0.25) is 34.2 Å². The molecule has 2 aromatic carbocycles. The zero-order chi connectivity index (χ0) is 41.2. The summed E-state index contributed by atoms with van der Waals surface area (Å²) < 4.78 is 18.9. The summed E-state index contributed by atoms with van der Waals surface area (Å²) >= 11 is 0. The van der Waals surface area contributed by atoms with Gasteiger partial charge in [0.05, 0.1) is 40.4 Å². The van der Waals surface area contributed by atoms with Gasteiger partial charge in [0.15, 0.2) is 0 Å². The zero-order valence-electron chi connectivity index (χ0n) is 33.7. The Morgan fingerprint density at radius 2 is 1.66 bits per heavy atom. The SMILES string of the molecule is Cc1cc(C2CCC(=O)NC2=O)c(F)cc1C1CC(N2CCN(C3CCC(n4cc5cc(NC(=O)c6ccc7cc(C#N)cnn67)c(C(C)(C)O)cc5n4)CC3)CC2)C1.